The first kappa shape index (κ1) is 16.4. The largest absolute Gasteiger partial charge is 0.374 e. The highest BCUT2D eigenvalue weighted by molar-refractivity contribution is 6.30. The summed E-state index contributed by atoms with van der Waals surface area (Å²) in [4.78, 5) is 0. The van der Waals surface area contributed by atoms with E-state index in [0.29, 0.717) is 23.6 Å². The molecule has 19 heavy (non-hydrogen) atoms. The maximum Gasteiger partial charge on any atom is 0.126 e. The van der Waals surface area contributed by atoms with Crippen LogP contribution in [0.5, 0.6) is 0 Å². The first-order chi connectivity index (χ1) is 8.96. The highest BCUT2D eigenvalue weighted by Crippen LogP contribution is 2.25. The van der Waals surface area contributed by atoms with Gasteiger partial charge in [-0.1, -0.05) is 18.5 Å². The number of halogens is 2. The van der Waals surface area contributed by atoms with Crippen molar-refractivity contribution in [2.45, 2.75) is 45.3 Å². The smallest absolute Gasteiger partial charge is 0.126 e. The van der Waals surface area contributed by atoms with Gasteiger partial charge in [0.1, 0.15) is 5.82 Å². The van der Waals surface area contributed by atoms with Crippen molar-refractivity contribution in [3.8, 4) is 0 Å². The molecule has 1 aromatic carbocycles. The number of hydrogen-bond donors (Lipinski definition) is 2. The van der Waals surface area contributed by atoms with Crippen LogP contribution < -0.4 is 11.3 Å². The maximum absolute atomic E-state index is 13.8. The predicted molar refractivity (Wildman–Crippen MR) is 76.5 cm³/mol. The molecule has 5 heteroatoms. The third kappa shape index (κ3) is 4.14. The van der Waals surface area contributed by atoms with Crippen LogP contribution in [0.1, 0.15) is 32.8 Å². The van der Waals surface area contributed by atoms with Crippen molar-refractivity contribution in [2.24, 2.45) is 5.84 Å². The van der Waals surface area contributed by atoms with Crippen LogP contribution in [0.3, 0.4) is 0 Å². The molecule has 1 rings (SSSR count). The summed E-state index contributed by atoms with van der Waals surface area (Å²) in [6.45, 7) is 6.51. The summed E-state index contributed by atoms with van der Waals surface area (Å²) in [5, 5.41) is 0.516. The van der Waals surface area contributed by atoms with E-state index in [1.54, 1.807) is 6.07 Å². The number of benzene rings is 1. The molecule has 2 unspecified atom stereocenters. The number of ether oxygens (including phenoxy) is 1. The molecule has 0 heterocycles. The number of hydrazine groups is 1. The highest BCUT2D eigenvalue weighted by Gasteiger charge is 2.33. The van der Waals surface area contributed by atoms with Crippen LogP contribution >= 0.6 is 11.6 Å². The fourth-order valence-corrected chi connectivity index (χ4v) is 2.34. The second-order valence-corrected chi connectivity index (χ2v) is 5.19. The monoisotopic (exact) mass is 288 g/mol. The van der Waals surface area contributed by atoms with E-state index >= 15 is 0 Å². The molecular weight excluding hydrogens is 267 g/mol. The minimum atomic E-state index is -0.446. The molecule has 0 aliphatic heterocycles. The lowest BCUT2D eigenvalue weighted by atomic mass is 9.88. The molecule has 0 saturated heterocycles. The van der Waals surface area contributed by atoms with Gasteiger partial charge in [-0.15, -0.1) is 0 Å². The summed E-state index contributed by atoms with van der Waals surface area (Å²) >= 11 is 5.90. The van der Waals surface area contributed by atoms with Gasteiger partial charge < -0.3 is 4.74 Å². The Morgan fingerprint density at radius 2 is 2.16 bits per heavy atom. The van der Waals surface area contributed by atoms with Crippen LogP contribution in [0.2, 0.25) is 5.02 Å². The van der Waals surface area contributed by atoms with E-state index < -0.39 is 5.60 Å². The Morgan fingerprint density at radius 3 is 2.68 bits per heavy atom. The molecule has 0 fully saturated rings. The molecule has 0 aromatic heterocycles. The maximum atomic E-state index is 13.8. The van der Waals surface area contributed by atoms with Crippen LogP contribution in [0.15, 0.2) is 18.2 Å². The van der Waals surface area contributed by atoms with Crippen molar-refractivity contribution < 1.29 is 9.13 Å². The van der Waals surface area contributed by atoms with Gasteiger partial charge in [-0.05, 0) is 50.5 Å². The van der Waals surface area contributed by atoms with Crippen LogP contribution in [0, 0.1) is 5.82 Å². The molecular formula is C14H22ClFN2O. The number of nitrogens with one attached hydrogen (secondary N) is 1. The highest BCUT2D eigenvalue weighted by atomic mass is 35.5. The Bertz CT molecular complexity index is 416. The SMILES string of the molecule is CCOC(C)(CC)C(Cc1cc(Cl)ccc1F)NN. The molecule has 3 N–H and O–H groups in total. The minimum absolute atomic E-state index is 0.189. The quantitative estimate of drug-likeness (QED) is 0.599. The summed E-state index contributed by atoms with van der Waals surface area (Å²) < 4.78 is 19.6. The summed E-state index contributed by atoms with van der Waals surface area (Å²) in [6.07, 6.45) is 1.20. The summed E-state index contributed by atoms with van der Waals surface area (Å²) in [7, 11) is 0. The molecule has 108 valence electrons. The van der Waals surface area contributed by atoms with Gasteiger partial charge in [-0.2, -0.15) is 0 Å². The van der Waals surface area contributed by atoms with Crippen molar-refractivity contribution in [3.63, 3.8) is 0 Å². The van der Waals surface area contributed by atoms with Gasteiger partial charge in [-0.3, -0.25) is 11.3 Å². The van der Waals surface area contributed by atoms with E-state index in [0.717, 1.165) is 6.42 Å². The Hall–Kier alpha value is -0.680. The number of nitrogens with two attached hydrogens (primary N) is 1. The predicted octanol–water partition coefficient (Wildman–Crippen LogP) is 3.06. The molecule has 0 spiro atoms. The normalized spacial score (nSPS) is 16.1. The summed E-state index contributed by atoms with van der Waals surface area (Å²) in [6, 6.07) is 4.34. The fraction of sp³-hybridized carbons (Fsp3) is 0.571. The first-order valence-corrected chi connectivity index (χ1v) is 6.88. The Kier molecular flexibility index (Phi) is 6.20. The lowest BCUT2D eigenvalue weighted by Gasteiger charge is -2.36. The lowest BCUT2D eigenvalue weighted by Crippen LogP contribution is -2.54. The lowest BCUT2D eigenvalue weighted by molar-refractivity contribution is -0.0552. The zero-order chi connectivity index (χ0) is 14.5. The van der Waals surface area contributed by atoms with Crippen LogP contribution in [0.4, 0.5) is 4.39 Å². The molecule has 0 radical (unpaired) electrons. The van der Waals surface area contributed by atoms with Crippen LogP contribution in [-0.4, -0.2) is 18.2 Å². The summed E-state index contributed by atoms with van der Waals surface area (Å²) in [5.41, 5.74) is 2.83. The van der Waals surface area contributed by atoms with E-state index in [1.807, 2.05) is 20.8 Å². The zero-order valence-electron chi connectivity index (χ0n) is 11.7. The summed E-state index contributed by atoms with van der Waals surface area (Å²) in [5.74, 6) is 5.34. The standard InChI is InChI=1S/C14H22ClFN2O/c1-4-14(3,19-5-2)13(18-17)9-10-8-11(15)6-7-12(10)16/h6-8,13,18H,4-5,9,17H2,1-3H3. The zero-order valence-corrected chi connectivity index (χ0v) is 12.4. The van der Waals surface area contributed by atoms with E-state index in [4.69, 9.17) is 22.2 Å². The minimum Gasteiger partial charge on any atom is -0.374 e. The topological polar surface area (TPSA) is 47.3 Å². The first-order valence-electron chi connectivity index (χ1n) is 6.50. The fourth-order valence-electron chi connectivity index (χ4n) is 2.15. The van der Waals surface area contributed by atoms with Gasteiger partial charge in [-0.25, -0.2) is 4.39 Å². The molecule has 3 nitrogen and oxygen atoms in total. The molecule has 0 aliphatic carbocycles. The third-order valence-electron chi connectivity index (χ3n) is 3.55. The molecule has 0 bridgehead atoms. The average Bonchev–Trinajstić information content (AvgIpc) is 2.39. The van der Waals surface area contributed by atoms with E-state index in [-0.39, 0.29) is 11.9 Å². The van der Waals surface area contributed by atoms with Gasteiger partial charge in [0.2, 0.25) is 0 Å². The van der Waals surface area contributed by atoms with Gasteiger partial charge in [0.05, 0.1) is 11.6 Å². The Morgan fingerprint density at radius 1 is 1.47 bits per heavy atom. The second-order valence-electron chi connectivity index (χ2n) is 4.76. The van der Waals surface area contributed by atoms with Gasteiger partial charge in [0, 0.05) is 11.6 Å². The van der Waals surface area contributed by atoms with E-state index in [9.17, 15) is 4.39 Å². The van der Waals surface area contributed by atoms with Crippen LogP contribution in [-0.2, 0) is 11.2 Å². The second kappa shape index (κ2) is 7.20. The number of hydrogen-bond acceptors (Lipinski definition) is 3. The molecule has 0 saturated carbocycles. The van der Waals surface area contributed by atoms with Crippen molar-refractivity contribution >= 4 is 11.6 Å². The van der Waals surface area contributed by atoms with Gasteiger partial charge in [0.25, 0.3) is 0 Å². The van der Waals surface area contributed by atoms with E-state index in [1.165, 1.54) is 12.1 Å². The molecule has 2 atom stereocenters. The van der Waals surface area contributed by atoms with Crippen molar-refractivity contribution in [3.05, 3.63) is 34.6 Å². The van der Waals surface area contributed by atoms with Gasteiger partial charge >= 0.3 is 0 Å². The van der Waals surface area contributed by atoms with Crippen molar-refractivity contribution in [1.82, 2.24) is 5.43 Å². The van der Waals surface area contributed by atoms with Gasteiger partial charge in [0.15, 0.2) is 0 Å². The Labute approximate surface area is 119 Å². The molecule has 0 aliphatic rings. The molecule has 1 aromatic rings. The average molecular weight is 289 g/mol. The number of rotatable bonds is 7. The molecule has 0 amide bonds. The van der Waals surface area contributed by atoms with Crippen molar-refractivity contribution in [1.29, 1.82) is 0 Å². The Balaban J connectivity index is 2.95. The van der Waals surface area contributed by atoms with Crippen LogP contribution in [0.25, 0.3) is 0 Å². The third-order valence-corrected chi connectivity index (χ3v) is 3.78. The van der Waals surface area contributed by atoms with E-state index in [2.05, 4.69) is 5.43 Å². The van der Waals surface area contributed by atoms with Crippen molar-refractivity contribution in [2.75, 3.05) is 6.61 Å².